The second kappa shape index (κ2) is 5.37. The second-order valence-corrected chi connectivity index (χ2v) is 4.86. The van der Waals surface area contributed by atoms with Gasteiger partial charge in [0.05, 0.1) is 4.92 Å². The minimum Gasteiger partial charge on any atom is -0.362 e. The summed E-state index contributed by atoms with van der Waals surface area (Å²) in [4.78, 5) is 10.8. The van der Waals surface area contributed by atoms with Gasteiger partial charge in [0.1, 0.15) is 5.69 Å². The molecule has 0 radical (unpaired) electrons. The van der Waals surface area contributed by atoms with Crippen molar-refractivity contribution >= 4 is 11.5 Å². The van der Waals surface area contributed by atoms with Gasteiger partial charge < -0.3 is 5.32 Å². The SMILES string of the molecule is CCc1nn(C)c(NC2CCCCC2)c1[N+](=O)[O-]. The average Bonchev–Trinajstić information content (AvgIpc) is 2.67. The van der Waals surface area contributed by atoms with Crippen molar-refractivity contribution in [3.8, 4) is 0 Å². The van der Waals surface area contributed by atoms with Crippen LogP contribution in [-0.2, 0) is 13.5 Å². The van der Waals surface area contributed by atoms with Gasteiger partial charge in [0.2, 0.25) is 5.82 Å². The molecule has 6 heteroatoms. The fraction of sp³-hybridized carbons (Fsp3) is 0.750. The first-order valence-electron chi connectivity index (χ1n) is 6.60. The first kappa shape index (κ1) is 12.9. The van der Waals surface area contributed by atoms with E-state index in [1.54, 1.807) is 11.7 Å². The molecular weight excluding hydrogens is 232 g/mol. The van der Waals surface area contributed by atoms with E-state index in [-0.39, 0.29) is 10.6 Å². The monoisotopic (exact) mass is 252 g/mol. The molecule has 1 aliphatic carbocycles. The Morgan fingerprint density at radius 3 is 2.67 bits per heavy atom. The summed E-state index contributed by atoms with van der Waals surface area (Å²) >= 11 is 0. The lowest BCUT2D eigenvalue weighted by molar-refractivity contribution is -0.384. The number of hydrogen-bond donors (Lipinski definition) is 1. The van der Waals surface area contributed by atoms with Gasteiger partial charge >= 0.3 is 5.69 Å². The zero-order valence-corrected chi connectivity index (χ0v) is 11.0. The third kappa shape index (κ3) is 2.47. The molecule has 6 nitrogen and oxygen atoms in total. The van der Waals surface area contributed by atoms with Crippen molar-refractivity contribution in [2.75, 3.05) is 5.32 Å². The first-order chi connectivity index (χ1) is 8.63. The molecule has 100 valence electrons. The Kier molecular flexibility index (Phi) is 3.84. The molecule has 1 aliphatic rings. The fourth-order valence-electron chi connectivity index (χ4n) is 2.60. The van der Waals surface area contributed by atoms with Crippen LogP contribution in [0.5, 0.6) is 0 Å². The summed E-state index contributed by atoms with van der Waals surface area (Å²) in [5, 5.41) is 18.7. The zero-order chi connectivity index (χ0) is 13.1. The minimum absolute atomic E-state index is 0.144. The molecule has 0 saturated heterocycles. The second-order valence-electron chi connectivity index (χ2n) is 4.86. The number of nitrogens with zero attached hydrogens (tertiary/aromatic N) is 3. The molecule has 18 heavy (non-hydrogen) atoms. The Morgan fingerprint density at radius 2 is 2.11 bits per heavy atom. The van der Waals surface area contributed by atoms with E-state index in [1.807, 2.05) is 6.92 Å². The fourth-order valence-corrected chi connectivity index (χ4v) is 2.60. The number of aryl methyl sites for hydroxylation is 2. The Bertz CT molecular complexity index is 436. The van der Waals surface area contributed by atoms with Gasteiger partial charge in [-0.3, -0.25) is 10.1 Å². The Morgan fingerprint density at radius 1 is 1.44 bits per heavy atom. The maximum atomic E-state index is 11.2. The summed E-state index contributed by atoms with van der Waals surface area (Å²) in [7, 11) is 1.76. The molecule has 0 aliphatic heterocycles. The van der Waals surface area contributed by atoms with E-state index in [1.165, 1.54) is 19.3 Å². The number of rotatable bonds is 4. The van der Waals surface area contributed by atoms with Gasteiger partial charge in [-0.1, -0.05) is 26.2 Å². The van der Waals surface area contributed by atoms with Gasteiger partial charge in [-0.25, -0.2) is 4.68 Å². The molecule has 0 spiro atoms. The van der Waals surface area contributed by atoms with E-state index in [0.29, 0.717) is 24.0 Å². The van der Waals surface area contributed by atoms with Crippen LogP contribution in [0.2, 0.25) is 0 Å². The third-order valence-corrected chi connectivity index (χ3v) is 3.56. The van der Waals surface area contributed by atoms with Crippen LogP contribution < -0.4 is 5.32 Å². The zero-order valence-electron chi connectivity index (χ0n) is 11.0. The predicted octanol–water partition coefficient (Wildman–Crippen LogP) is 2.64. The largest absolute Gasteiger partial charge is 0.362 e. The molecule has 0 atom stereocenters. The number of nitro groups is 1. The standard InChI is InChI=1S/C12H20N4O2/c1-3-10-11(16(17)18)12(15(2)14-10)13-9-7-5-4-6-8-9/h9,13H,3-8H2,1-2H3. The molecule has 1 saturated carbocycles. The van der Waals surface area contributed by atoms with Crippen LogP contribution in [0, 0.1) is 10.1 Å². The van der Waals surface area contributed by atoms with Gasteiger partial charge in [-0.15, -0.1) is 0 Å². The van der Waals surface area contributed by atoms with Crippen LogP contribution in [0.4, 0.5) is 11.5 Å². The number of aromatic nitrogens is 2. The van der Waals surface area contributed by atoms with E-state index in [9.17, 15) is 10.1 Å². The summed E-state index contributed by atoms with van der Waals surface area (Å²) in [6, 6.07) is 0.345. The van der Waals surface area contributed by atoms with Crippen molar-refractivity contribution in [1.82, 2.24) is 9.78 Å². The highest BCUT2D eigenvalue weighted by molar-refractivity contribution is 5.60. The van der Waals surface area contributed by atoms with Crippen LogP contribution in [0.1, 0.15) is 44.7 Å². The van der Waals surface area contributed by atoms with Crippen molar-refractivity contribution in [3.63, 3.8) is 0 Å². The molecule has 1 aromatic rings. The maximum Gasteiger partial charge on any atom is 0.333 e. The van der Waals surface area contributed by atoms with E-state index in [2.05, 4.69) is 10.4 Å². The summed E-state index contributed by atoms with van der Waals surface area (Å²) in [6.07, 6.45) is 6.42. The highest BCUT2D eigenvalue weighted by atomic mass is 16.6. The summed E-state index contributed by atoms with van der Waals surface area (Å²) in [6.45, 7) is 1.89. The molecule has 1 heterocycles. The minimum atomic E-state index is -0.322. The van der Waals surface area contributed by atoms with Crippen molar-refractivity contribution in [2.45, 2.75) is 51.5 Å². The highest BCUT2D eigenvalue weighted by Crippen LogP contribution is 2.31. The van der Waals surface area contributed by atoms with Crippen molar-refractivity contribution < 1.29 is 4.92 Å². The quantitative estimate of drug-likeness (QED) is 0.660. The molecule has 1 aromatic heterocycles. The van der Waals surface area contributed by atoms with E-state index < -0.39 is 0 Å². The van der Waals surface area contributed by atoms with Gasteiger partial charge in [-0.05, 0) is 19.3 Å². The van der Waals surface area contributed by atoms with Crippen LogP contribution in [0.25, 0.3) is 0 Å². The first-order valence-corrected chi connectivity index (χ1v) is 6.60. The number of anilines is 1. The van der Waals surface area contributed by atoms with E-state index in [4.69, 9.17) is 0 Å². The van der Waals surface area contributed by atoms with Crippen LogP contribution in [0.3, 0.4) is 0 Å². The van der Waals surface area contributed by atoms with Crippen LogP contribution in [0.15, 0.2) is 0 Å². The van der Waals surface area contributed by atoms with E-state index in [0.717, 1.165) is 12.8 Å². The van der Waals surface area contributed by atoms with Crippen LogP contribution in [-0.4, -0.2) is 20.7 Å². The molecule has 0 amide bonds. The molecular formula is C12H20N4O2. The Hall–Kier alpha value is -1.59. The molecule has 1 fully saturated rings. The predicted molar refractivity (Wildman–Crippen MR) is 69.7 cm³/mol. The van der Waals surface area contributed by atoms with Crippen molar-refractivity contribution in [2.24, 2.45) is 7.05 Å². The lowest BCUT2D eigenvalue weighted by atomic mass is 9.95. The van der Waals surface area contributed by atoms with E-state index >= 15 is 0 Å². The number of hydrogen-bond acceptors (Lipinski definition) is 4. The maximum absolute atomic E-state index is 11.2. The molecule has 1 N–H and O–H groups in total. The lowest BCUT2D eigenvalue weighted by Gasteiger charge is -2.23. The Labute approximate surface area is 107 Å². The topological polar surface area (TPSA) is 73.0 Å². The molecule has 0 bridgehead atoms. The summed E-state index contributed by atoms with van der Waals surface area (Å²) < 4.78 is 1.60. The summed E-state index contributed by atoms with van der Waals surface area (Å²) in [5.41, 5.74) is 0.700. The normalized spacial score (nSPS) is 16.8. The average molecular weight is 252 g/mol. The van der Waals surface area contributed by atoms with Crippen molar-refractivity contribution in [3.05, 3.63) is 15.8 Å². The molecule has 0 aromatic carbocycles. The highest BCUT2D eigenvalue weighted by Gasteiger charge is 2.27. The van der Waals surface area contributed by atoms with Crippen LogP contribution >= 0.6 is 0 Å². The van der Waals surface area contributed by atoms with Crippen molar-refractivity contribution in [1.29, 1.82) is 0 Å². The molecule has 0 unspecified atom stereocenters. The smallest absolute Gasteiger partial charge is 0.333 e. The van der Waals surface area contributed by atoms with Gasteiger partial charge in [0.15, 0.2) is 0 Å². The summed E-state index contributed by atoms with van der Waals surface area (Å²) in [5.74, 6) is 0.559. The van der Waals surface area contributed by atoms with Gasteiger partial charge in [0, 0.05) is 13.1 Å². The third-order valence-electron chi connectivity index (χ3n) is 3.56. The van der Waals surface area contributed by atoms with Gasteiger partial charge in [0.25, 0.3) is 0 Å². The lowest BCUT2D eigenvalue weighted by Crippen LogP contribution is -2.24. The molecule has 2 rings (SSSR count). The Balaban J connectivity index is 2.25. The number of nitrogens with one attached hydrogen (secondary N) is 1. The van der Waals surface area contributed by atoms with Gasteiger partial charge in [-0.2, -0.15) is 5.10 Å².